The quantitative estimate of drug-likeness (QED) is 0.597. The third kappa shape index (κ3) is 0.903. The summed E-state index contributed by atoms with van der Waals surface area (Å²) in [7, 11) is 0. The number of rotatable bonds is 2. The first kappa shape index (κ1) is 10.4. The van der Waals surface area contributed by atoms with Crippen LogP contribution in [0, 0.1) is 17.8 Å². The number of nitrogens with two attached hydrogens (primary N) is 1. The van der Waals surface area contributed by atoms with E-state index in [9.17, 15) is 14.0 Å². The number of hydrogen-bond acceptors (Lipinski definition) is 3. The van der Waals surface area contributed by atoms with Crippen LogP contribution < -0.4 is 5.73 Å². The van der Waals surface area contributed by atoms with Gasteiger partial charge in [-0.2, -0.15) is 0 Å². The van der Waals surface area contributed by atoms with Crippen molar-refractivity contribution in [3.05, 3.63) is 0 Å². The molecule has 5 nitrogen and oxygen atoms in total. The summed E-state index contributed by atoms with van der Waals surface area (Å²) >= 11 is 0. The van der Waals surface area contributed by atoms with Crippen molar-refractivity contribution < 1.29 is 24.2 Å². The van der Waals surface area contributed by atoms with Crippen LogP contribution in [0.3, 0.4) is 0 Å². The van der Waals surface area contributed by atoms with Gasteiger partial charge in [0, 0.05) is 11.8 Å². The Balaban J connectivity index is 2.37. The molecule has 84 valence electrons. The molecule has 0 aromatic heterocycles. The topological polar surface area (TPSA) is 101 Å². The van der Waals surface area contributed by atoms with Crippen molar-refractivity contribution in [2.24, 2.45) is 23.5 Å². The number of carbonyl (C=O) groups is 2. The predicted molar refractivity (Wildman–Crippen MR) is 46.8 cm³/mol. The minimum atomic E-state index is -2.43. The van der Waals surface area contributed by atoms with Gasteiger partial charge in [-0.25, -0.2) is 9.18 Å². The Morgan fingerprint density at radius 1 is 1.40 bits per heavy atom. The third-order valence-corrected chi connectivity index (χ3v) is 3.92. The highest BCUT2D eigenvalue weighted by molar-refractivity contribution is 5.90. The number of halogens is 1. The largest absolute Gasteiger partial charge is 0.480 e. The van der Waals surface area contributed by atoms with E-state index >= 15 is 0 Å². The van der Waals surface area contributed by atoms with Gasteiger partial charge in [0.15, 0.2) is 0 Å². The second-order valence-electron chi connectivity index (χ2n) is 4.53. The Kier molecular flexibility index (Phi) is 1.72. The smallest absolute Gasteiger partial charge is 0.342 e. The predicted octanol–water partition coefficient (Wildman–Crippen LogP) is -0.153. The Hall–Kier alpha value is -1.17. The van der Waals surface area contributed by atoms with Crippen LogP contribution in [0.1, 0.15) is 13.3 Å². The van der Waals surface area contributed by atoms with Crippen molar-refractivity contribution in [3.8, 4) is 0 Å². The Labute approximate surface area is 85.1 Å². The van der Waals surface area contributed by atoms with E-state index in [4.69, 9.17) is 15.9 Å². The molecule has 2 saturated carbocycles. The van der Waals surface area contributed by atoms with Crippen LogP contribution >= 0.6 is 0 Å². The van der Waals surface area contributed by atoms with Crippen molar-refractivity contribution in [2.45, 2.75) is 24.6 Å². The molecular formula is C9H12FNO4. The van der Waals surface area contributed by atoms with Crippen molar-refractivity contribution in [1.82, 2.24) is 0 Å². The molecule has 0 aromatic carbocycles. The summed E-state index contributed by atoms with van der Waals surface area (Å²) in [6.45, 7) is 1.61. The van der Waals surface area contributed by atoms with Crippen LogP contribution in [0.2, 0.25) is 0 Å². The van der Waals surface area contributed by atoms with E-state index < -0.39 is 40.9 Å². The van der Waals surface area contributed by atoms with Crippen molar-refractivity contribution in [2.75, 3.05) is 0 Å². The summed E-state index contributed by atoms with van der Waals surface area (Å²) < 4.78 is 13.8. The van der Waals surface area contributed by atoms with Gasteiger partial charge in [-0.05, 0) is 12.3 Å². The molecule has 0 amide bonds. The summed E-state index contributed by atoms with van der Waals surface area (Å²) in [5.74, 6) is -5.14. The average molecular weight is 217 g/mol. The molecule has 2 aliphatic rings. The number of aliphatic carboxylic acids is 2. The summed E-state index contributed by atoms with van der Waals surface area (Å²) in [6, 6.07) is 0. The number of carboxylic acid groups (broad SMARTS) is 2. The van der Waals surface area contributed by atoms with Crippen LogP contribution in [-0.4, -0.2) is 33.4 Å². The monoisotopic (exact) mass is 217 g/mol. The molecule has 0 spiro atoms. The molecule has 6 heteroatoms. The maximum Gasteiger partial charge on any atom is 0.342 e. The number of fused-ring (bicyclic) bond motifs is 1. The van der Waals surface area contributed by atoms with Gasteiger partial charge in [0.2, 0.25) is 5.67 Å². The summed E-state index contributed by atoms with van der Waals surface area (Å²) in [6.07, 6.45) is 0.219. The zero-order chi connectivity index (χ0) is 11.6. The molecule has 0 aliphatic heterocycles. The first-order valence-corrected chi connectivity index (χ1v) is 4.71. The van der Waals surface area contributed by atoms with E-state index in [0.717, 1.165) is 0 Å². The van der Waals surface area contributed by atoms with Crippen molar-refractivity contribution in [3.63, 3.8) is 0 Å². The molecule has 4 N–H and O–H groups in total. The van der Waals surface area contributed by atoms with Gasteiger partial charge in [-0.15, -0.1) is 0 Å². The molecule has 2 rings (SSSR count). The highest BCUT2D eigenvalue weighted by Crippen LogP contribution is 2.68. The fraction of sp³-hybridized carbons (Fsp3) is 0.778. The average Bonchev–Trinajstić information content (AvgIpc) is 2.60. The Bertz CT molecular complexity index is 360. The normalized spacial score (nSPS) is 52.3. The SMILES string of the molecule is C[C@@H]1C[C@@H]2[C@H]([C@]1(N)C(=O)O)[C@@]2(F)C(=O)O. The lowest BCUT2D eigenvalue weighted by Crippen LogP contribution is -2.56. The van der Waals surface area contributed by atoms with E-state index in [-0.39, 0.29) is 6.42 Å². The van der Waals surface area contributed by atoms with Gasteiger partial charge < -0.3 is 15.9 Å². The summed E-state index contributed by atoms with van der Waals surface area (Å²) in [5.41, 5.74) is 1.47. The van der Waals surface area contributed by atoms with E-state index in [1.807, 2.05) is 0 Å². The summed E-state index contributed by atoms with van der Waals surface area (Å²) in [4.78, 5) is 21.7. The lowest BCUT2D eigenvalue weighted by molar-refractivity contribution is -0.151. The highest BCUT2D eigenvalue weighted by Gasteiger charge is 2.83. The minimum Gasteiger partial charge on any atom is -0.480 e. The Morgan fingerprint density at radius 3 is 2.33 bits per heavy atom. The first-order chi connectivity index (χ1) is 6.77. The molecule has 2 fully saturated rings. The molecule has 0 heterocycles. The van der Waals surface area contributed by atoms with Crippen molar-refractivity contribution in [1.29, 1.82) is 0 Å². The minimum absolute atomic E-state index is 0.219. The van der Waals surface area contributed by atoms with Crippen LogP contribution in [0.25, 0.3) is 0 Å². The second kappa shape index (κ2) is 2.49. The standard InChI is InChI=1S/C9H12FNO4/c1-3-2-4-5(8(4,10)6(12)13)9(3,11)7(14)15/h3-5H,2,11H2,1H3,(H,12,13)(H,14,15)/t3-,4-,5+,8-,9+/m1/s1. The zero-order valence-corrected chi connectivity index (χ0v) is 8.11. The fourth-order valence-corrected chi connectivity index (χ4v) is 2.93. The van der Waals surface area contributed by atoms with Gasteiger partial charge in [0.05, 0.1) is 0 Å². The zero-order valence-electron chi connectivity index (χ0n) is 8.11. The fourth-order valence-electron chi connectivity index (χ4n) is 2.93. The maximum atomic E-state index is 13.8. The van der Waals surface area contributed by atoms with E-state index in [0.29, 0.717) is 0 Å². The molecule has 15 heavy (non-hydrogen) atoms. The third-order valence-electron chi connectivity index (χ3n) is 3.92. The molecule has 2 aliphatic carbocycles. The molecule has 0 radical (unpaired) electrons. The molecule has 0 bridgehead atoms. The van der Waals surface area contributed by atoms with Crippen LogP contribution in [0.15, 0.2) is 0 Å². The number of hydrogen-bond donors (Lipinski definition) is 3. The van der Waals surface area contributed by atoms with E-state index in [1.54, 1.807) is 6.92 Å². The lowest BCUT2D eigenvalue weighted by Gasteiger charge is -2.29. The van der Waals surface area contributed by atoms with Gasteiger partial charge >= 0.3 is 11.9 Å². The molecular weight excluding hydrogens is 205 g/mol. The molecule has 0 aromatic rings. The lowest BCUT2D eigenvalue weighted by atomic mass is 9.82. The molecule has 0 saturated heterocycles. The summed E-state index contributed by atoms with van der Waals surface area (Å²) in [5, 5.41) is 17.7. The number of carboxylic acids is 2. The molecule has 5 atom stereocenters. The van der Waals surface area contributed by atoms with Crippen LogP contribution in [-0.2, 0) is 9.59 Å². The Morgan fingerprint density at radius 2 is 1.93 bits per heavy atom. The maximum absolute atomic E-state index is 13.8. The first-order valence-electron chi connectivity index (χ1n) is 4.71. The highest BCUT2D eigenvalue weighted by atomic mass is 19.1. The van der Waals surface area contributed by atoms with E-state index in [2.05, 4.69) is 0 Å². The van der Waals surface area contributed by atoms with Gasteiger partial charge in [0.25, 0.3) is 0 Å². The van der Waals surface area contributed by atoms with Gasteiger partial charge in [0.1, 0.15) is 5.54 Å². The van der Waals surface area contributed by atoms with E-state index in [1.165, 1.54) is 0 Å². The van der Waals surface area contributed by atoms with Crippen molar-refractivity contribution >= 4 is 11.9 Å². The van der Waals surface area contributed by atoms with Gasteiger partial charge in [-0.1, -0.05) is 6.92 Å². The van der Waals surface area contributed by atoms with Crippen LogP contribution in [0.5, 0.6) is 0 Å². The van der Waals surface area contributed by atoms with Crippen LogP contribution in [0.4, 0.5) is 4.39 Å². The molecule has 0 unspecified atom stereocenters. The number of alkyl halides is 1. The second-order valence-corrected chi connectivity index (χ2v) is 4.53. The van der Waals surface area contributed by atoms with Gasteiger partial charge in [-0.3, -0.25) is 4.79 Å².